The Morgan fingerprint density at radius 1 is 1.23 bits per heavy atom. The Bertz CT molecular complexity index is 696. The largest absolute Gasteiger partial charge is 0.466 e. The number of hydrogen-bond acceptors (Lipinski definition) is 7. The van der Waals surface area contributed by atoms with Gasteiger partial charge in [0.15, 0.2) is 0 Å². The predicted octanol–water partition coefficient (Wildman–Crippen LogP) is 1.43. The molecule has 3 rings (SSSR count). The number of carbonyl (C=O) groups is 3. The average Bonchev–Trinajstić information content (AvgIpc) is 2.94. The van der Waals surface area contributed by atoms with Crippen molar-refractivity contribution in [1.82, 2.24) is 0 Å². The normalized spacial score (nSPS) is 30.3. The lowest BCUT2D eigenvalue weighted by Gasteiger charge is -2.39. The third-order valence-electron chi connectivity index (χ3n) is 5.04. The molecule has 0 radical (unpaired) electrons. The molecule has 5 unspecified atom stereocenters. The van der Waals surface area contributed by atoms with Crippen LogP contribution in [0.25, 0.3) is 0 Å². The van der Waals surface area contributed by atoms with E-state index >= 15 is 0 Å². The number of carbonyl (C=O) groups excluding carboxylic acids is 3. The van der Waals surface area contributed by atoms with Crippen LogP contribution in [-0.2, 0) is 23.9 Å². The van der Waals surface area contributed by atoms with Crippen molar-refractivity contribution in [2.45, 2.75) is 32.3 Å². The Balaban J connectivity index is 1.97. The Morgan fingerprint density at radius 2 is 1.92 bits per heavy atom. The van der Waals surface area contributed by atoms with Crippen LogP contribution < -0.4 is 4.74 Å². The zero-order valence-corrected chi connectivity index (χ0v) is 14.7. The number of aliphatic hydroxyl groups is 1. The molecule has 0 bridgehead atoms. The molecule has 1 aromatic rings. The smallest absolute Gasteiger partial charge is 0.312 e. The first kappa shape index (κ1) is 18.4. The van der Waals surface area contributed by atoms with Crippen LogP contribution in [0.1, 0.15) is 31.7 Å². The first-order chi connectivity index (χ1) is 12.4. The number of aliphatic hydroxyl groups excluding tert-OH is 1. The van der Waals surface area contributed by atoms with Crippen LogP contribution in [0.15, 0.2) is 24.3 Å². The minimum absolute atomic E-state index is 0.138. The molecule has 5 atom stereocenters. The highest BCUT2D eigenvalue weighted by molar-refractivity contribution is 5.81. The van der Waals surface area contributed by atoms with E-state index in [1.54, 1.807) is 31.2 Å². The topological polar surface area (TPSA) is 99.1 Å². The van der Waals surface area contributed by atoms with Gasteiger partial charge in [-0.05, 0) is 31.0 Å². The van der Waals surface area contributed by atoms with Crippen LogP contribution in [0.2, 0.25) is 0 Å². The van der Waals surface area contributed by atoms with Crippen molar-refractivity contribution in [3.63, 3.8) is 0 Å². The molecule has 0 aromatic heterocycles. The van der Waals surface area contributed by atoms with E-state index in [9.17, 15) is 19.5 Å². The second-order valence-corrected chi connectivity index (χ2v) is 6.69. The minimum atomic E-state index is -0.914. The van der Waals surface area contributed by atoms with Crippen LogP contribution >= 0.6 is 0 Å². The number of ether oxygens (including phenoxy) is 3. The van der Waals surface area contributed by atoms with Gasteiger partial charge < -0.3 is 19.3 Å². The molecule has 1 saturated carbocycles. The molecule has 26 heavy (non-hydrogen) atoms. The van der Waals surface area contributed by atoms with Crippen molar-refractivity contribution in [3.8, 4) is 5.75 Å². The van der Waals surface area contributed by atoms with Gasteiger partial charge in [-0.3, -0.25) is 14.4 Å². The number of fused-ring (bicyclic) bond motifs is 1. The first-order valence-corrected chi connectivity index (χ1v) is 8.72. The molecule has 140 valence electrons. The molecular formula is C19H22O7. The molecule has 2 aliphatic rings. The number of esters is 3. The van der Waals surface area contributed by atoms with E-state index in [1.807, 2.05) is 0 Å². The van der Waals surface area contributed by atoms with E-state index in [4.69, 9.17) is 14.2 Å². The molecular weight excluding hydrogens is 340 g/mol. The third kappa shape index (κ3) is 3.44. The Labute approximate surface area is 151 Å². The first-order valence-electron chi connectivity index (χ1n) is 8.72. The van der Waals surface area contributed by atoms with E-state index in [0.717, 1.165) is 0 Å². The van der Waals surface area contributed by atoms with Crippen molar-refractivity contribution >= 4 is 17.9 Å². The number of rotatable bonds is 4. The van der Waals surface area contributed by atoms with Crippen molar-refractivity contribution < 1.29 is 33.7 Å². The molecule has 1 heterocycles. The van der Waals surface area contributed by atoms with Crippen LogP contribution in [-0.4, -0.2) is 42.3 Å². The second kappa shape index (κ2) is 7.45. The SMILES string of the molecule is CCOC(=O)C1C(O)CC2COC(=O)C2C1c1ccc(OC(C)=O)cc1. The monoisotopic (exact) mass is 362 g/mol. The van der Waals surface area contributed by atoms with E-state index in [0.29, 0.717) is 17.7 Å². The number of hydrogen-bond donors (Lipinski definition) is 1. The van der Waals surface area contributed by atoms with Gasteiger partial charge in [-0.15, -0.1) is 0 Å². The van der Waals surface area contributed by atoms with E-state index in [-0.39, 0.29) is 25.1 Å². The van der Waals surface area contributed by atoms with Gasteiger partial charge in [0.05, 0.1) is 31.2 Å². The van der Waals surface area contributed by atoms with Gasteiger partial charge in [-0.25, -0.2) is 0 Å². The quantitative estimate of drug-likeness (QED) is 0.639. The van der Waals surface area contributed by atoms with Gasteiger partial charge in [0.2, 0.25) is 0 Å². The van der Waals surface area contributed by atoms with Crippen LogP contribution in [0.5, 0.6) is 5.75 Å². The second-order valence-electron chi connectivity index (χ2n) is 6.69. The van der Waals surface area contributed by atoms with Crippen molar-refractivity contribution in [2.24, 2.45) is 17.8 Å². The van der Waals surface area contributed by atoms with Crippen LogP contribution in [0.3, 0.4) is 0 Å². The highest BCUT2D eigenvalue weighted by atomic mass is 16.5. The van der Waals surface area contributed by atoms with E-state index in [2.05, 4.69) is 0 Å². The molecule has 1 aromatic carbocycles. The fraction of sp³-hybridized carbons (Fsp3) is 0.526. The maximum Gasteiger partial charge on any atom is 0.312 e. The summed E-state index contributed by atoms with van der Waals surface area (Å²) in [6, 6.07) is 6.62. The number of benzene rings is 1. The van der Waals surface area contributed by atoms with Gasteiger partial charge in [0.25, 0.3) is 0 Å². The summed E-state index contributed by atoms with van der Waals surface area (Å²) < 4.78 is 15.4. The van der Waals surface area contributed by atoms with Gasteiger partial charge in [0.1, 0.15) is 5.75 Å². The summed E-state index contributed by atoms with van der Waals surface area (Å²) >= 11 is 0. The molecule has 1 saturated heterocycles. The molecule has 7 heteroatoms. The van der Waals surface area contributed by atoms with Crippen molar-refractivity contribution in [2.75, 3.05) is 13.2 Å². The summed E-state index contributed by atoms with van der Waals surface area (Å²) in [5.74, 6) is -2.98. The standard InChI is InChI=1S/C19H22O7/c1-3-24-19(23)17-14(21)8-12-9-25-18(22)16(12)15(17)11-4-6-13(7-5-11)26-10(2)20/h4-7,12,14-17,21H,3,8-9H2,1-2H3. The minimum Gasteiger partial charge on any atom is -0.466 e. The lowest BCUT2D eigenvalue weighted by atomic mass is 9.64. The average molecular weight is 362 g/mol. The predicted molar refractivity (Wildman–Crippen MR) is 89.2 cm³/mol. The van der Waals surface area contributed by atoms with E-state index in [1.165, 1.54) is 6.92 Å². The van der Waals surface area contributed by atoms with Gasteiger partial charge in [-0.2, -0.15) is 0 Å². The number of cyclic esters (lactones) is 1. The molecule has 7 nitrogen and oxygen atoms in total. The summed E-state index contributed by atoms with van der Waals surface area (Å²) in [4.78, 5) is 35.9. The van der Waals surface area contributed by atoms with Crippen molar-refractivity contribution in [1.29, 1.82) is 0 Å². The summed E-state index contributed by atoms with van der Waals surface area (Å²) in [6.45, 7) is 3.45. The van der Waals surface area contributed by atoms with Gasteiger partial charge >= 0.3 is 17.9 Å². The van der Waals surface area contributed by atoms with Crippen LogP contribution in [0, 0.1) is 17.8 Å². The maximum absolute atomic E-state index is 12.5. The molecule has 1 N–H and O–H groups in total. The van der Waals surface area contributed by atoms with Gasteiger partial charge in [-0.1, -0.05) is 12.1 Å². The zero-order valence-electron chi connectivity index (χ0n) is 14.7. The Hall–Kier alpha value is -2.41. The summed E-state index contributed by atoms with van der Waals surface area (Å²) in [5.41, 5.74) is 0.701. The molecule has 0 amide bonds. The third-order valence-corrected chi connectivity index (χ3v) is 5.04. The highest BCUT2D eigenvalue weighted by Gasteiger charge is 2.54. The maximum atomic E-state index is 12.5. The Kier molecular flexibility index (Phi) is 5.27. The fourth-order valence-corrected chi connectivity index (χ4v) is 4.04. The lowest BCUT2D eigenvalue weighted by Crippen LogP contribution is -2.46. The van der Waals surface area contributed by atoms with Crippen LogP contribution in [0.4, 0.5) is 0 Å². The summed E-state index contributed by atoms with van der Waals surface area (Å²) in [7, 11) is 0. The van der Waals surface area contributed by atoms with Crippen molar-refractivity contribution in [3.05, 3.63) is 29.8 Å². The highest BCUT2D eigenvalue weighted by Crippen LogP contribution is 2.49. The van der Waals surface area contributed by atoms with E-state index < -0.39 is 35.8 Å². The summed E-state index contributed by atoms with van der Waals surface area (Å²) in [5, 5.41) is 10.6. The molecule has 0 spiro atoms. The Morgan fingerprint density at radius 3 is 2.54 bits per heavy atom. The molecule has 1 aliphatic heterocycles. The fourth-order valence-electron chi connectivity index (χ4n) is 4.04. The molecule has 1 aliphatic carbocycles. The summed E-state index contributed by atoms with van der Waals surface area (Å²) in [6.07, 6.45) is -0.593. The molecule has 2 fully saturated rings. The van der Waals surface area contributed by atoms with Gasteiger partial charge in [0, 0.05) is 18.8 Å². The zero-order chi connectivity index (χ0) is 18.8. The lowest BCUT2D eigenvalue weighted by molar-refractivity contribution is -0.158.